The molecular weight excluding hydrogens is 465 g/mol. The Balaban J connectivity index is 0.00000280. The number of aliphatic imine (C=N–C) groups is 1. The zero-order chi connectivity index (χ0) is 18.7. The Hall–Kier alpha value is -1.35. The minimum absolute atomic E-state index is 0. The molecule has 0 unspecified atom stereocenters. The van der Waals surface area contributed by atoms with Gasteiger partial charge in [0.25, 0.3) is 0 Å². The number of nitrogens with zero attached hydrogens (tertiary/aromatic N) is 2. The molecule has 1 aliphatic rings. The van der Waals surface area contributed by atoms with E-state index in [0.29, 0.717) is 6.10 Å². The van der Waals surface area contributed by atoms with Crippen LogP contribution in [0.2, 0.25) is 0 Å². The first-order chi connectivity index (χ1) is 13.3. The van der Waals surface area contributed by atoms with Gasteiger partial charge in [0.15, 0.2) is 5.96 Å². The quantitative estimate of drug-likeness (QED) is 0.211. The largest absolute Gasteiger partial charge is 0.378 e. The lowest BCUT2D eigenvalue weighted by Crippen LogP contribution is -2.38. The molecule has 1 fully saturated rings. The molecule has 7 heteroatoms. The van der Waals surface area contributed by atoms with Crippen LogP contribution in [0.1, 0.15) is 51.3 Å². The van der Waals surface area contributed by atoms with Gasteiger partial charge in [-0.15, -0.1) is 24.0 Å². The van der Waals surface area contributed by atoms with Crippen molar-refractivity contribution < 1.29 is 4.74 Å². The number of benzene rings is 1. The Morgan fingerprint density at radius 1 is 1.21 bits per heavy atom. The van der Waals surface area contributed by atoms with Crippen LogP contribution < -0.4 is 10.6 Å². The van der Waals surface area contributed by atoms with E-state index < -0.39 is 0 Å². The molecule has 156 valence electrons. The zero-order valence-electron chi connectivity index (χ0n) is 16.9. The lowest BCUT2D eigenvalue weighted by atomic mass is 9.98. The predicted molar refractivity (Wildman–Crippen MR) is 127 cm³/mol. The van der Waals surface area contributed by atoms with Crippen LogP contribution in [0.5, 0.6) is 0 Å². The van der Waals surface area contributed by atoms with Gasteiger partial charge < -0.3 is 20.4 Å². The molecule has 0 amide bonds. The van der Waals surface area contributed by atoms with E-state index in [9.17, 15) is 0 Å². The summed E-state index contributed by atoms with van der Waals surface area (Å²) in [5.41, 5.74) is 2.11. The number of hydrogen-bond acceptors (Lipinski definition) is 3. The molecule has 0 spiro atoms. The summed E-state index contributed by atoms with van der Waals surface area (Å²) in [7, 11) is 0. The average Bonchev–Trinajstić information content (AvgIpc) is 3.11. The smallest absolute Gasteiger partial charge is 0.191 e. The number of para-hydroxylation sites is 2. The number of aromatic nitrogens is 2. The number of fused-ring (bicyclic) bond motifs is 1. The SMILES string of the molecule is CCNC(=NCCCOC1CCCCC1)NCCc1nc2ccccc2[nH]1.I. The monoisotopic (exact) mass is 499 g/mol. The summed E-state index contributed by atoms with van der Waals surface area (Å²) in [6.07, 6.45) is 8.77. The summed E-state index contributed by atoms with van der Waals surface area (Å²) >= 11 is 0. The van der Waals surface area contributed by atoms with Gasteiger partial charge in [0.05, 0.1) is 17.1 Å². The normalized spacial score (nSPS) is 15.4. The second kappa shape index (κ2) is 13.0. The molecule has 1 aliphatic carbocycles. The lowest BCUT2D eigenvalue weighted by Gasteiger charge is -2.21. The minimum atomic E-state index is 0. The second-order valence-electron chi connectivity index (χ2n) is 7.12. The van der Waals surface area contributed by atoms with Crippen molar-refractivity contribution >= 4 is 41.0 Å². The zero-order valence-corrected chi connectivity index (χ0v) is 19.2. The highest BCUT2D eigenvalue weighted by Crippen LogP contribution is 2.20. The van der Waals surface area contributed by atoms with Crippen molar-refractivity contribution in [3.8, 4) is 0 Å². The fourth-order valence-electron chi connectivity index (χ4n) is 3.50. The molecule has 1 heterocycles. The van der Waals surface area contributed by atoms with E-state index in [4.69, 9.17) is 4.74 Å². The third-order valence-electron chi connectivity index (χ3n) is 4.92. The van der Waals surface area contributed by atoms with E-state index in [-0.39, 0.29) is 24.0 Å². The van der Waals surface area contributed by atoms with E-state index >= 15 is 0 Å². The van der Waals surface area contributed by atoms with Gasteiger partial charge in [0.1, 0.15) is 5.82 Å². The number of ether oxygens (including phenoxy) is 1. The lowest BCUT2D eigenvalue weighted by molar-refractivity contribution is 0.0281. The summed E-state index contributed by atoms with van der Waals surface area (Å²) < 4.78 is 5.97. The first kappa shape index (κ1) is 22.9. The Labute approximate surface area is 185 Å². The number of guanidine groups is 1. The van der Waals surface area contributed by atoms with E-state index in [2.05, 4.69) is 38.6 Å². The number of H-pyrrole nitrogens is 1. The van der Waals surface area contributed by atoms with Crippen molar-refractivity contribution in [2.75, 3.05) is 26.2 Å². The topological polar surface area (TPSA) is 74.3 Å². The maximum absolute atomic E-state index is 5.97. The van der Waals surface area contributed by atoms with Gasteiger partial charge in [-0.2, -0.15) is 0 Å². The summed E-state index contributed by atoms with van der Waals surface area (Å²) in [5.74, 6) is 1.87. The third kappa shape index (κ3) is 7.58. The predicted octanol–water partition coefficient (Wildman–Crippen LogP) is 4.02. The van der Waals surface area contributed by atoms with E-state index in [1.165, 1.54) is 32.1 Å². The first-order valence-electron chi connectivity index (χ1n) is 10.4. The summed E-state index contributed by atoms with van der Waals surface area (Å²) in [5, 5.41) is 6.70. The standard InChI is InChI=1S/C21H33N5O.HI/c1-2-22-21(23-14-8-16-27-17-9-4-3-5-10-17)24-15-13-20-25-18-11-6-7-12-19(18)26-20;/h6-7,11-12,17H,2-5,8-10,13-16H2,1H3,(H,25,26)(H2,22,23,24);1H. The Bertz CT molecular complexity index is 679. The van der Waals surface area contributed by atoms with Gasteiger partial charge in [-0.1, -0.05) is 31.4 Å². The number of aromatic amines is 1. The molecule has 0 atom stereocenters. The maximum Gasteiger partial charge on any atom is 0.191 e. The van der Waals surface area contributed by atoms with E-state index in [1.54, 1.807) is 0 Å². The van der Waals surface area contributed by atoms with Crippen LogP contribution in [0.25, 0.3) is 11.0 Å². The number of nitrogens with one attached hydrogen (secondary N) is 3. The minimum Gasteiger partial charge on any atom is -0.378 e. The number of imidazole rings is 1. The highest BCUT2D eigenvalue weighted by molar-refractivity contribution is 14.0. The molecule has 0 saturated heterocycles. The van der Waals surface area contributed by atoms with Crippen LogP contribution in [0.15, 0.2) is 29.3 Å². The van der Waals surface area contributed by atoms with Crippen LogP contribution in [0, 0.1) is 0 Å². The summed E-state index contributed by atoms with van der Waals surface area (Å²) in [6, 6.07) is 8.12. The number of rotatable bonds is 9. The Morgan fingerprint density at radius 3 is 2.82 bits per heavy atom. The summed E-state index contributed by atoms with van der Waals surface area (Å²) in [6.45, 7) is 5.33. The number of hydrogen-bond donors (Lipinski definition) is 3. The van der Waals surface area contributed by atoms with Crippen LogP contribution in [-0.4, -0.2) is 48.3 Å². The fraction of sp³-hybridized carbons (Fsp3) is 0.619. The van der Waals surface area contributed by atoms with Gasteiger partial charge in [-0.05, 0) is 38.3 Å². The highest BCUT2D eigenvalue weighted by Gasteiger charge is 2.12. The van der Waals surface area contributed by atoms with Crippen LogP contribution in [0.4, 0.5) is 0 Å². The molecular formula is C21H34IN5O. The number of halogens is 1. The molecule has 3 N–H and O–H groups in total. The average molecular weight is 499 g/mol. The maximum atomic E-state index is 5.97. The van der Waals surface area contributed by atoms with E-state index in [0.717, 1.165) is 61.9 Å². The van der Waals surface area contributed by atoms with Crippen LogP contribution in [0.3, 0.4) is 0 Å². The molecule has 1 aromatic heterocycles. The third-order valence-corrected chi connectivity index (χ3v) is 4.92. The molecule has 2 aromatic rings. The van der Waals surface area contributed by atoms with Gasteiger partial charge in [0.2, 0.25) is 0 Å². The molecule has 0 aliphatic heterocycles. The second-order valence-corrected chi connectivity index (χ2v) is 7.12. The fourth-order valence-corrected chi connectivity index (χ4v) is 3.50. The molecule has 0 bridgehead atoms. The Morgan fingerprint density at radius 2 is 2.04 bits per heavy atom. The molecule has 3 rings (SSSR count). The molecule has 1 aromatic carbocycles. The van der Waals surface area contributed by atoms with Gasteiger partial charge in [0, 0.05) is 32.7 Å². The summed E-state index contributed by atoms with van der Waals surface area (Å²) in [4.78, 5) is 12.6. The molecule has 28 heavy (non-hydrogen) atoms. The molecule has 6 nitrogen and oxygen atoms in total. The van der Waals surface area contributed by atoms with Crippen molar-refractivity contribution in [2.45, 2.75) is 58.0 Å². The van der Waals surface area contributed by atoms with Crippen molar-refractivity contribution in [1.82, 2.24) is 20.6 Å². The van der Waals surface area contributed by atoms with Crippen molar-refractivity contribution in [3.05, 3.63) is 30.1 Å². The van der Waals surface area contributed by atoms with Gasteiger partial charge in [-0.25, -0.2) is 4.98 Å². The van der Waals surface area contributed by atoms with Gasteiger partial charge >= 0.3 is 0 Å². The van der Waals surface area contributed by atoms with Gasteiger partial charge in [-0.3, -0.25) is 4.99 Å². The van der Waals surface area contributed by atoms with Crippen molar-refractivity contribution in [2.24, 2.45) is 4.99 Å². The molecule has 0 radical (unpaired) electrons. The molecule has 1 saturated carbocycles. The van der Waals surface area contributed by atoms with Crippen LogP contribution in [-0.2, 0) is 11.2 Å². The van der Waals surface area contributed by atoms with Crippen molar-refractivity contribution in [3.63, 3.8) is 0 Å². The van der Waals surface area contributed by atoms with Crippen LogP contribution >= 0.6 is 24.0 Å². The highest BCUT2D eigenvalue weighted by atomic mass is 127. The van der Waals surface area contributed by atoms with E-state index in [1.807, 2.05) is 18.2 Å². The van der Waals surface area contributed by atoms with Crippen molar-refractivity contribution in [1.29, 1.82) is 0 Å². The first-order valence-corrected chi connectivity index (χ1v) is 10.4. The Kier molecular flexibility index (Phi) is 10.6.